The molecule has 1 saturated carbocycles. The van der Waals surface area contributed by atoms with E-state index in [4.69, 9.17) is 9.47 Å². The van der Waals surface area contributed by atoms with Crippen LogP contribution in [0.2, 0.25) is 0 Å². The zero-order valence-corrected chi connectivity index (χ0v) is 23.9. The molecule has 1 N–H and O–H groups in total. The highest BCUT2D eigenvalue weighted by atomic mass is 19.4. The van der Waals surface area contributed by atoms with E-state index in [0.717, 1.165) is 36.1 Å². The first-order chi connectivity index (χ1) is 20.0. The number of amides is 2. The van der Waals surface area contributed by atoms with Gasteiger partial charge in [-0.3, -0.25) is 24.2 Å². The van der Waals surface area contributed by atoms with Crippen molar-refractivity contribution < 1.29 is 42.1 Å². The Labute approximate surface area is 243 Å². The molecule has 0 radical (unpaired) electrons. The molecule has 0 aromatic heterocycles. The van der Waals surface area contributed by atoms with Crippen molar-refractivity contribution >= 4 is 17.8 Å². The lowest BCUT2D eigenvalue weighted by atomic mass is 9.81. The summed E-state index contributed by atoms with van der Waals surface area (Å²) >= 11 is 0. The van der Waals surface area contributed by atoms with E-state index in [0.29, 0.717) is 37.4 Å². The van der Waals surface area contributed by atoms with Crippen LogP contribution >= 0.6 is 0 Å². The van der Waals surface area contributed by atoms with E-state index >= 15 is 0 Å². The average molecular weight is 591 g/mol. The first kappa shape index (κ1) is 31.3. The lowest BCUT2D eigenvalue weighted by Crippen LogP contribution is -2.34. The van der Waals surface area contributed by atoms with Gasteiger partial charge >= 0.3 is 12.1 Å². The van der Waals surface area contributed by atoms with Crippen molar-refractivity contribution in [1.29, 1.82) is 0 Å². The van der Waals surface area contributed by atoms with E-state index in [1.165, 1.54) is 24.1 Å². The molecule has 2 aromatic carbocycles. The molecule has 11 heteroatoms. The van der Waals surface area contributed by atoms with Gasteiger partial charge in [-0.2, -0.15) is 13.2 Å². The number of hydrogen-bond donors (Lipinski definition) is 1. The Bertz CT molecular complexity index is 1240. The number of benzene rings is 2. The molecule has 2 aliphatic rings. The van der Waals surface area contributed by atoms with Crippen LogP contribution in [0.1, 0.15) is 68.2 Å². The number of halogens is 3. The quantitative estimate of drug-likeness (QED) is 0.317. The van der Waals surface area contributed by atoms with Gasteiger partial charge in [0.25, 0.3) is 0 Å². The molecule has 8 nitrogen and oxygen atoms in total. The maximum absolute atomic E-state index is 13.2. The Kier molecular flexibility index (Phi) is 10.1. The van der Waals surface area contributed by atoms with Crippen LogP contribution in [0.5, 0.6) is 11.5 Å². The third kappa shape index (κ3) is 7.81. The summed E-state index contributed by atoms with van der Waals surface area (Å²) in [5.74, 6) is -0.297. The maximum Gasteiger partial charge on any atom is 0.416 e. The number of ether oxygens (including phenoxy) is 2. The van der Waals surface area contributed by atoms with Crippen molar-refractivity contribution in [3.63, 3.8) is 0 Å². The summed E-state index contributed by atoms with van der Waals surface area (Å²) in [6.45, 7) is 3.39. The molecule has 1 aliphatic heterocycles. The average Bonchev–Trinajstić information content (AvgIpc) is 3.29. The highest BCUT2D eigenvalue weighted by Gasteiger charge is 2.32. The molecule has 2 aromatic rings. The second-order valence-corrected chi connectivity index (χ2v) is 11.1. The first-order valence-electron chi connectivity index (χ1n) is 14.2. The minimum absolute atomic E-state index is 0.128. The zero-order chi connectivity index (χ0) is 30.4. The molecule has 0 spiro atoms. The van der Waals surface area contributed by atoms with E-state index in [1.54, 1.807) is 6.07 Å². The SMILES string of the molecule is COc1cc(CN(C[C@H]2CC[C@H](C(=O)O)CC2)C(C)c2ccc(C(F)(F)F)cc2)ccc1OCCN1C(=O)CCC1=O. The predicted molar refractivity (Wildman–Crippen MR) is 148 cm³/mol. The summed E-state index contributed by atoms with van der Waals surface area (Å²) in [5, 5.41) is 9.38. The number of aliphatic carboxylic acids is 1. The third-order valence-electron chi connectivity index (χ3n) is 8.30. The molecule has 42 heavy (non-hydrogen) atoms. The fourth-order valence-corrected chi connectivity index (χ4v) is 5.73. The topological polar surface area (TPSA) is 96.4 Å². The number of carboxylic acids is 1. The molecule has 0 bridgehead atoms. The van der Waals surface area contributed by atoms with Crippen molar-refractivity contribution in [2.24, 2.45) is 11.8 Å². The van der Waals surface area contributed by atoms with Crippen LogP contribution in [-0.2, 0) is 27.1 Å². The third-order valence-corrected chi connectivity index (χ3v) is 8.30. The molecular formula is C31H37F3N2O6. The van der Waals surface area contributed by atoms with Gasteiger partial charge in [0.1, 0.15) is 6.61 Å². The highest BCUT2D eigenvalue weighted by Crippen LogP contribution is 2.35. The fraction of sp³-hybridized carbons (Fsp3) is 0.516. The maximum atomic E-state index is 13.2. The molecule has 1 atom stereocenters. The number of carboxylic acid groups (broad SMARTS) is 1. The molecule has 1 saturated heterocycles. The van der Waals surface area contributed by atoms with Crippen LogP contribution in [0.4, 0.5) is 13.2 Å². The van der Waals surface area contributed by atoms with Crippen LogP contribution in [0, 0.1) is 11.8 Å². The number of methoxy groups -OCH3 is 1. The predicted octanol–water partition coefficient (Wildman–Crippen LogP) is 5.70. The molecule has 1 unspecified atom stereocenters. The summed E-state index contributed by atoms with van der Waals surface area (Å²) in [4.78, 5) is 38.5. The van der Waals surface area contributed by atoms with Crippen molar-refractivity contribution in [1.82, 2.24) is 9.80 Å². The van der Waals surface area contributed by atoms with Gasteiger partial charge in [-0.25, -0.2) is 0 Å². The summed E-state index contributed by atoms with van der Waals surface area (Å²) in [6.07, 6.45) is -1.22. The number of carbonyl (C=O) groups excluding carboxylic acids is 2. The zero-order valence-electron chi connectivity index (χ0n) is 23.9. The van der Waals surface area contributed by atoms with Crippen LogP contribution in [0.25, 0.3) is 0 Å². The van der Waals surface area contributed by atoms with Gasteiger partial charge in [-0.1, -0.05) is 18.2 Å². The largest absolute Gasteiger partial charge is 0.493 e. The summed E-state index contributed by atoms with van der Waals surface area (Å²) < 4.78 is 50.8. The standard InChI is InChI=1S/C31H37F3N2O6/c1-20(23-8-10-25(11-9-23)31(32,33)34)35(18-21-3-6-24(7-4-21)30(39)40)19-22-5-12-26(27(17-22)41-2)42-16-15-36-28(37)13-14-29(36)38/h5,8-12,17,20-21,24H,3-4,6-7,13-16,18-19H2,1-2H3,(H,39,40)/t20?,21-,24-. The number of alkyl halides is 3. The molecule has 228 valence electrons. The first-order valence-corrected chi connectivity index (χ1v) is 14.2. The lowest BCUT2D eigenvalue weighted by molar-refractivity contribution is -0.143. The Hall–Kier alpha value is -3.60. The summed E-state index contributed by atoms with van der Waals surface area (Å²) in [7, 11) is 1.52. The van der Waals surface area contributed by atoms with Gasteiger partial charge in [0.2, 0.25) is 11.8 Å². The van der Waals surface area contributed by atoms with Crippen LogP contribution < -0.4 is 9.47 Å². The monoisotopic (exact) mass is 590 g/mol. The summed E-state index contributed by atoms with van der Waals surface area (Å²) in [6, 6.07) is 10.5. The van der Waals surface area contributed by atoms with Gasteiger partial charge in [0, 0.05) is 32.0 Å². The van der Waals surface area contributed by atoms with Crippen molar-refractivity contribution in [2.75, 3.05) is 26.8 Å². The smallest absolute Gasteiger partial charge is 0.416 e. The van der Waals surface area contributed by atoms with Gasteiger partial charge in [0.15, 0.2) is 11.5 Å². The Balaban J connectivity index is 1.48. The number of nitrogens with zero attached hydrogens (tertiary/aromatic N) is 2. The Morgan fingerprint density at radius 2 is 1.67 bits per heavy atom. The van der Waals surface area contributed by atoms with Gasteiger partial charge in [0.05, 0.1) is 25.1 Å². The summed E-state index contributed by atoms with van der Waals surface area (Å²) in [5.41, 5.74) is 0.956. The van der Waals surface area contributed by atoms with Gasteiger partial charge in [-0.15, -0.1) is 0 Å². The van der Waals surface area contributed by atoms with Gasteiger partial charge in [-0.05, 0) is 73.9 Å². The molecule has 4 rings (SSSR count). The Morgan fingerprint density at radius 1 is 1.02 bits per heavy atom. The lowest BCUT2D eigenvalue weighted by Gasteiger charge is -2.35. The van der Waals surface area contributed by atoms with Crippen molar-refractivity contribution in [2.45, 2.75) is 64.2 Å². The molecule has 1 heterocycles. The number of imide groups is 1. The molecule has 1 aliphatic carbocycles. The van der Waals surface area contributed by atoms with Gasteiger partial charge < -0.3 is 14.6 Å². The van der Waals surface area contributed by atoms with Crippen molar-refractivity contribution in [3.8, 4) is 11.5 Å². The fourth-order valence-electron chi connectivity index (χ4n) is 5.73. The number of likely N-dealkylation sites (tertiary alicyclic amines) is 1. The normalized spacial score (nSPS) is 20.2. The number of carbonyl (C=O) groups is 3. The Morgan fingerprint density at radius 3 is 2.24 bits per heavy atom. The highest BCUT2D eigenvalue weighted by molar-refractivity contribution is 6.01. The molecular weight excluding hydrogens is 553 g/mol. The van der Waals surface area contributed by atoms with E-state index in [-0.39, 0.29) is 55.7 Å². The number of hydrogen-bond acceptors (Lipinski definition) is 6. The minimum atomic E-state index is -4.41. The minimum Gasteiger partial charge on any atom is -0.493 e. The van der Waals surface area contributed by atoms with E-state index < -0.39 is 17.7 Å². The van der Waals surface area contributed by atoms with E-state index in [9.17, 15) is 32.7 Å². The second kappa shape index (κ2) is 13.6. The van der Waals surface area contributed by atoms with Crippen LogP contribution in [0.15, 0.2) is 42.5 Å². The molecule has 2 fully saturated rings. The van der Waals surface area contributed by atoms with Crippen molar-refractivity contribution in [3.05, 3.63) is 59.2 Å². The molecule has 2 amide bonds. The van der Waals surface area contributed by atoms with Crippen LogP contribution in [0.3, 0.4) is 0 Å². The number of rotatable bonds is 12. The second-order valence-electron chi connectivity index (χ2n) is 11.1. The van der Waals surface area contributed by atoms with Crippen LogP contribution in [-0.4, -0.2) is 59.5 Å². The van der Waals surface area contributed by atoms with E-state index in [2.05, 4.69) is 4.90 Å². The van der Waals surface area contributed by atoms with E-state index in [1.807, 2.05) is 19.1 Å².